The molecule has 0 aromatic carbocycles. The van der Waals surface area contributed by atoms with Crippen LogP contribution >= 0.6 is 0 Å². The zero-order valence-corrected chi connectivity index (χ0v) is 11.0. The zero-order valence-electron chi connectivity index (χ0n) is 11.0. The Morgan fingerprint density at radius 1 is 1.55 bits per heavy atom. The largest absolute Gasteiger partial charge is 0.461 e. The number of aryl methyl sites for hydroxylation is 1. The number of aliphatic hydroxyl groups is 1. The highest BCUT2D eigenvalue weighted by atomic mass is 16.5. The van der Waals surface area contributed by atoms with Gasteiger partial charge in [0, 0.05) is 18.4 Å². The molecule has 0 radical (unpaired) electrons. The van der Waals surface area contributed by atoms with E-state index in [1.165, 1.54) is 16.9 Å². The Balaban J connectivity index is 2.59. The second kappa shape index (κ2) is 6.12. The molecular formula is C13H14N4O3. The molecule has 0 aliphatic rings. The van der Waals surface area contributed by atoms with Gasteiger partial charge in [-0.2, -0.15) is 10.4 Å². The number of ether oxygens (including phenoxy) is 1. The van der Waals surface area contributed by atoms with Crippen LogP contribution in [0.4, 0.5) is 0 Å². The van der Waals surface area contributed by atoms with Gasteiger partial charge in [0.05, 0.1) is 12.8 Å². The van der Waals surface area contributed by atoms with E-state index in [1.54, 1.807) is 6.92 Å². The van der Waals surface area contributed by atoms with E-state index in [1.807, 2.05) is 6.07 Å². The minimum atomic E-state index is -0.513. The normalized spacial score (nSPS) is 10.4. The van der Waals surface area contributed by atoms with Crippen molar-refractivity contribution in [1.82, 2.24) is 14.6 Å². The first-order valence-electron chi connectivity index (χ1n) is 6.26. The predicted octanol–water partition coefficient (Wildman–Crippen LogP) is 0.703. The number of rotatable bonds is 5. The molecular weight excluding hydrogens is 260 g/mol. The highest BCUT2D eigenvalue weighted by Crippen LogP contribution is 2.16. The molecule has 7 heteroatoms. The number of carbonyl (C=O) groups is 1. The second-order valence-electron chi connectivity index (χ2n) is 4.09. The average molecular weight is 274 g/mol. The molecule has 0 saturated carbocycles. The van der Waals surface area contributed by atoms with E-state index in [9.17, 15) is 4.79 Å². The smallest absolute Gasteiger partial charge is 0.357 e. The second-order valence-corrected chi connectivity index (χ2v) is 4.09. The fraction of sp³-hybridized carbons (Fsp3) is 0.385. The van der Waals surface area contributed by atoms with Crippen molar-refractivity contribution >= 4 is 11.6 Å². The van der Waals surface area contributed by atoms with Gasteiger partial charge in [-0.3, -0.25) is 0 Å². The van der Waals surface area contributed by atoms with Crippen LogP contribution in [0.15, 0.2) is 12.4 Å². The van der Waals surface area contributed by atoms with E-state index < -0.39 is 5.97 Å². The van der Waals surface area contributed by atoms with Crippen molar-refractivity contribution in [2.45, 2.75) is 19.8 Å². The molecule has 1 N–H and O–H groups in total. The molecule has 0 saturated heterocycles. The highest BCUT2D eigenvalue weighted by molar-refractivity contribution is 5.90. The molecule has 2 aromatic rings. The number of fused-ring (bicyclic) bond motifs is 1. The molecule has 0 spiro atoms. The average Bonchev–Trinajstić information content (AvgIpc) is 2.87. The molecule has 0 fully saturated rings. The van der Waals surface area contributed by atoms with E-state index in [0.717, 1.165) is 0 Å². The Kier molecular flexibility index (Phi) is 4.27. The van der Waals surface area contributed by atoms with Gasteiger partial charge >= 0.3 is 5.97 Å². The molecule has 104 valence electrons. The van der Waals surface area contributed by atoms with Gasteiger partial charge in [0.2, 0.25) is 0 Å². The van der Waals surface area contributed by atoms with Crippen molar-refractivity contribution < 1.29 is 14.6 Å². The third kappa shape index (κ3) is 2.46. The molecule has 0 amide bonds. The first kappa shape index (κ1) is 14.0. The van der Waals surface area contributed by atoms with E-state index >= 15 is 0 Å². The van der Waals surface area contributed by atoms with E-state index in [4.69, 9.17) is 15.1 Å². The van der Waals surface area contributed by atoms with Crippen molar-refractivity contribution in [3.63, 3.8) is 0 Å². The topological polar surface area (TPSA) is 101 Å². The lowest BCUT2D eigenvalue weighted by Crippen LogP contribution is -2.15. The summed E-state index contributed by atoms with van der Waals surface area (Å²) < 4.78 is 6.35. The summed E-state index contributed by atoms with van der Waals surface area (Å²) >= 11 is 0. The maximum absolute atomic E-state index is 12.1. The van der Waals surface area contributed by atoms with Crippen molar-refractivity contribution in [2.75, 3.05) is 13.2 Å². The maximum atomic E-state index is 12.1. The number of nitrogens with zero attached hydrogens (tertiary/aromatic N) is 4. The molecule has 0 aliphatic carbocycles. The van der Waals surface area contributed by atoms with Crippen LogP contribution in [0.25, 0.3) is 5.65 Å². The number of carbonyl (C=O) groups excluding carboxylic acids is 1. The fourth-order valence-electron chi connectivity index (χ4n) is 1.91. The summed E-state index contributed by atoms with van der Waals surface area (Å²) in [5, 5.41) is 21.9. The molecule has 2 aromatic heterocycles. The molecule has 2 rings (SSSR count). The maximum Gasteiger partial charge on any atom is 0.357 e. The first-order chi connectivity index (χ1) is 9.72. The standard InChI is InChI=1S/C13H14N4O3/c1-2-20-13(19)11-9(4-3-5-18)7-15-12-10(6-14)8-16-17(11)12/h7-8,18H,2-5H2,1H3. The van der Waals surface area contributed by atoms with E-state index in [0.29, 0.717) is 29.6 Å². The van der Waals surface area contributed by atoms with E-state index in [-0.39, 0.29) is 18.9 Å². The molecule has 0 bridgehead atoms. The zero-order chi connectivity index (χ0) is 14.5. The molecule has 20 heavy (non-hydrogen) atoms. The molecule has 2 heterocycles. The summed E-state index contributed by atoms with van der Waals surface area (Å²) in [5.41, 5.74) is 1.51. The third-order valence-electron chi connectivity index (χ3n) is 2.80. The van der Waals surface area contributed by atoms with Crippen LogP contribution < -0.4 is 0 Å². The van der Waals surface area contributed by atoms with Crippen molar-refractivity contribution in [2.24, 2.45) is 0 Å². The summed E-state index contributed by atoms with van der Waals surface area (Å²) in [6.45, 7) is 1.98. The molecule has 0 atom stereocenters. The van der Waals surface area contributed by atoms with Crippen molar-refractivity contribution in [1.29, 1.82) is 5.26 Å². The monoisotopic (exact) mass is 274 g/mol. The highest BCUT2D eigenvalue weighted by Gasteiger charge is 2.20. The lowest BCUT2D eigenvalue weighted by Gasteiger charge is -2.09. The fourth-order valence-corrected chi connectivity index (χ4v) is 1.91. The van der Waals surface area contributed by atoms with Crippen LogP contribution in [-0.4, -0.2) is 38.9 Å². The van der Waals surface area contributed by atoms with Crippen molar-refractivity contribution in [3.8, 4) is 6.07 Å². The van der Waals surface area contributed by atoms with Crippen LogP contribution in [0.2, 0.25) is 0 Å². The molecule has 0 unspecified atom stereocenters. The number of aromatic nitrogens is 3. The summed E-state index contributed by atoms with van der Waals surface area (Å²) in [6, 6.07) is 1.97. The molecule has 7 nitrogen and oxygen atoms in total. The quantitative estimate of drug-likeness (QED) is 0.805. The lowest BCUT2D eigenvalue weighted by molar-refractivity contribution is 0.0514. The van der Waals surface area contributed by atoms with Gasteiger partial charge in [0.25, 0.3) is 0 Å². The van der Waals surface area contributed by atoms with Crippen LogP contribution in [-0.2, 0) is 11.2 Å². The predicted molar refractivity (Wildman–Crippen MR) is 69.1 cm³/mol. The molecule has 0 aliphatic heterocycles. The summed E-state index contributed by atoms with van der Waals surface area (Å²) in [4.78, 5) is 16.2. The Morgan fingerprint density at radius 2 is 2.35 bits per heavy atom. The first-order valence-corrected chi connectivity index (χ1v) is 6.26. The Bertz CT molecular complexity index is 672. The summed E-state index contributed by atoms with van der Waals surface area (Å²) in [7, 11) is 0. The SMILES string of the molecule is CCOC(=O)c1c(CCCO)cnc2c(C#N)cnn12. The number of esters is 1. The van der Waals surface area contributed by atoms with Crippen LogP contribution in [0, 0.1) is 11.3 Å². The number of aliphatic hydroxyl groups excluding tert-OH is 1. The van der Waals surface area contributed by atoms with Crippen LogP contribution in [0.5, 0.6) is 0 Å². The van der Waals surface area contributed by atoms with Gasteiger partial charge in [-0.1, -0.05) is 0 Å². The third-order valence-corrected chi connectivity index (χ3v) is 2.80. The van der Waals surface area contributed by atoms with Gasteiger partial charge in [0.15, 0.2) is 11.3 Å². The van der Waals surface area contributed by atoms with Crippen LogP contribution in [0.3, 0.4) is 0 Å². The van der Waals surface area contributed by atoms with Gasteiger partial charge < -0.3 is 9.84 Å². The van der Waals surface area contributed by atoms with E-state index in [2.05, 4.69) is 10.1 Å². The lowest BCUT2D eigenvalue weighted by atomic mass is 10.1. The van der Waals surface area contributed by atoms with Gasteiger partial charge in [0.1, 0.15) is 11.6 Å². The minimum absolute atomic E-state index is 0.0167. The number of hydrogen-bond acceptors (Lipinski definition) is 6. The summed E-state index contributed by atoms with van der Waals surface area (Å²) in [5.74, 6) is -0.513. The van der Waals surface area contributed by atoms with Gasteiger partial charge in [-0.15, -0.1) is 0 Å². The number of nitriles is 1. The number of hydrogen-bond donors (Lipinski definition) is 1. The minimum Gasteiger partial charge on any atom is -0.461 e. The Morgan fingerprint density at radius 3 is 3.00 bits per heavy atom. The van der Waals surface area contributed by atoms with Gasteiger partial charge in [-0.05, 0) is 19.8 Å². The van der Waals surface area contributed by atoms with Crippen LogP contribution in [0.1, 0.15) is 35.0 Å². The van der Waals surface area contributed by atoms with Crippen molar-refractivity contribution in [3.05, 3.63) is 29.2 Å². The Labute approximate surface area is 115 Å². The summed E-state index contributed by atoms with van der Waals surface area (Å²) in [6.07, 6.45) is 3.88. The van der Waals surface area contributed by atoms with Gasteiger partial charge in [-0.25, -0.2) is 14.3 Å². The Hall–Kier alpha value is -2.46.